The second kappa shape index (κ2) is 4.14. The third-order valence-corrected chi connectivity index (χ3v) is 3.29. The maximum Gasteiger partial charge on any atom is 0.0136 e. The molecule has 1 aromatic carbocycles. The molecule has 0 heterocycles. The molecule has 76 valence electrons. The smallest absolute Gasteiger partial charge is 0.0136 e. The van der Waals surface area contributed by atoms with Crippen molar-refractivity contribution in [2.75, 3.05) is 6.54 Å². The average molecular weight is 189 g/mol. The predicted molar refractivity (Wildman–Crippen MR) is 60.6 cm³/mol. The van der Waals surface area contributed by atoms with Gasteiger partial charge in [0.15, 0.2) is 0 Å². The molecule has 1 aliphatic carbocycles. The number of hydrogen-bond donors (Lipinski definition) is 1. The molecule has 1 aromatic rings. The fraction of sp³-hybridized carbons (Fsp3) is 0.538. The molecule has 0 amide bonds. The van der Waals surface area contributed by atoms with E-state index in [1.165, 1.54) is 12.8 Å². The monoisotopic (exact) mass is 189 g/mol. The van der Waals surface area contributed by atoms with Crippen LogP contribution in [0, 0.1) is 0 Å². The van der Waals surface area contributed by atoms with Gasteiger partial charge in [-0.1, -0.05) is 38.1 Å². The lowest BCUT2D eigenvalue weighted by atomic mass is 9.73. The van der Waals surface area contributed by atoms with Crippen molar-refractivity contribution >= 4 is 0 Å². The summed E-state index contributed by atoms with van der Waals surface area (Å²) in [5, 5.41) is 3.58. The van der Waals surface area contributed by atoms with Gasteiger partial charge in [-0.2, -0.15) is 0 Å². The van der Waals surface area contributed by atoms with Crippen molar-refractivity contribution in [2.24, 2.45) is 0 Å². The zero-order chi connectivity index (χ0) is 9.97. The largest absolute Gasteiger partial charge is 0.314 e. The van der Waals surface area contributed by atoms with Crippen LogP contribution in [0.25, 0.3) is 0 Å². The molecule has 0 aliphatic heterocycles. The van der Waals surface area contributed by atoms with Gasteiger partial charge in [0, 0.05) is 12.0 Å². The van der Waals surface area contributed by atoms with E-state index in [1.54, 1.807) is 11.1 Å². The van der Waals surface area contributed by atoms with Crippen molar-refractivity contribution in [1.29, 1.82) is 0 Å². The Kier molecular flexibility index (Phi) is 2.87. The highest BCUT2D eigenvalue weighted by atomic mass is 14.9. The summed E-state index contributed by atoms with van der Waals surface area (Å²) in [4.78, 5) is 0. The number of benzene rings is 1. The average Bonchev–Trinajstić information content (AvgIpc) is 2.18. The van der Waals surface area contributed by atoms with Crippen molar-refractivity contribution in [3.63, 3.8) is 0 Å². The van der Waals surface area contributed by atoms with E-state index >= 15 is 0 Å². The van der Waals surface area contributed by atoms with Gasteiger partial charge >= 0.3 is 0 Å². The third kappa shape index (κ3) is 1.57. The first-order chi connectivity index (χ1) is 6.86. The maximum atomic E-state index is 3.58. The Labute approximate surface area is 86.5 Å². The first-order valence-electron chi connectivity index (χ1n) is 5.68. The quantitative estimate of drug-likeness (QED) is 0.768. The van der Waals surface area contributed by atoms with Crippen molar-refractivity contribution in [2.45, 2.75) is 38.6 Å². The molecule has 2 atom stereocenters. The van der Waals surface area contributed by atoms with Crippen LogP contribution in [0.1, 0.15) is 37.3 Å². The Morgan fingerprint density at radius 2 is 2.14 bits per heavy atom. The molecule has 1 heteroatoms. The molecular formula is C13H19N. The van der Waals surface area contributed by atoms with Crippen molar-refractivity contribution < 1.29 is 0 Å². The van der Waals surface area contributed by atoms with Gasteiger partial charge in [0.25, 0.3) is 0 Å². The highest BCUT2D eigenvalue weighted by Crippen LogP contribution is 2.37. The Morgan fingerprint density at radius 3 is 2.79 bits per heavy atom. The first-order valence-corrected chi connectivity index (χ1v) is 5.68. The normalized spacial score (nSPS) is 21.1. The van der Waals surface area contributed by atoms with Crippen LogP contribution in [0.2, 0.25) is 0 Å². The number of fused-ring (bicyclic) bond motifs is 1. The Morgan fingerprint density at radius 1 is 1.36 bits per heavy atom. The number of likely N-dealkylation sites (N-methyl/N-ethyl adjacent to an activating group) is 1. The number of rotatable bonds is 4. The van der Waals surface area contributed by atoms with E-state index in [0.29, 0.717) is 6.04 Å². The summed E-state index contributed by atoms with van der Waals surface area (Å²) in [5.41, 5.74) is 3.12. The maximum absolute atomic E-state index is 3.58. The minimum atomic E-state index is 0.676. The van der Waals surface area contributed by atoms with Gasteiger partial charge < -0.3 is 5.32 Å². The van der Waals surface area contributed by atoms with E-state index in [9.17, 15) is 0 Å². The van der Waals surface area contributed by atoms with Crippen LogP contribution in [0.3, 0.4) is 0 Å². The lowest BCUT2D eigenvalue weighted by molar-refractivity contribution is 0.397. The van der Waals surface area contributed by atoms with Gasteiger partial charge in [0.05, 0.1) is 0 Å². The molecule has 1 N–H and O–H groups in total. The fourth-order valence-electron chi connectivity index (χ4n) is 2.49. The van der Waals surface area contributed by atoms with E-state index in [0.717, 1.165) is 12.5 Å². The van der Waals surface area contributed by atoms with Gasteiger partial charge in [-0.15, -0.1) is 0 Å². The fourth-order valence-corrected chi connectivity index (χ4v) is 2.49. The van der Waals surface area contributed by atoms with Crippen molar-refractivity contribution in [3.8, 4) is 0 Å². The van der Waals surface area contributed by atoms with Crippen LogP contribution in [0.15, 0.2) is 24.3 Å². The highest BCUT2D eigenvalue weighted by Gasteiger charge is 2.30. The molecule has 14 heavy (non-hydrogen) atoms. The Balaban J connectivity index is 2.09. The standard InChI is InChI=1S/C13H19N/c1-3-13(14-4-2)12-9-10-7-5-6-8-11(10)12/h5-8,12-14H,3-4,9H2,1-2H3. The highest BCUT2D eigenvalue weighted by molar-refractivity contribution is 5.41. The summed E-state index contributed by atoms with van der Waals surface area (Å²) in [6.45, 7) is 5.54. The third-order valence-electron chi connectivity index (χ3n) is 3.29. The second-order valence-corrected chi connectivity index (χ2v) is 4.08. The van der Waals surface area contributed by atoms with Gasteiger partial charge in [-0.05, 0) is 30.5 Å². The van der Waals surface area contributed by atoms with Crippen molar-refractivity contribution in [3.05, 3.63) is 35.4 Å². The van der Waals surface area contributed by atoms with Gasteiger partial charge in [0.2, 0.25) is 0 Å². The molecule has 1 nitrogen and oxygen atoms in total. The number of nitrogens with one attached hydrogen (secondary N) is 1. The van der Waals surface area contributed by atoms with E-state index in [1.807, 2.05) is 0 Å². The van der Waals surface area contributed by atoms with Gasteiger partial charge in [0.1, 0.15) is 0 Å². The topological polar surface area (TPSA) is 12.0 Å². The van der Waals surface area contributed by atoms with Crippen LogP contribution in [0.5, 0.6) is 0 Å². The van der Waals surface area contributed by atoms with E-state index in [2.05, 4.69) is 43.4 Å². The summed E-state index contributed by atoms with van der Waals surface area (Å²) in [5.74, 6) is 0.760. The summed E-state index contributed by atoms with van der Waals surface area (Å²) in [7, 11) is 0. The summed E-state index contributed by atoms with van der Waals surface area (Å²) < 4.78 is 0. The molecule has 0 radical (unpaired) electrons. The molecular weight excluding hydrogens is 170 g/mol. The van der Waals surface area contributed by atoms with Crippen molar-refractivity contribution in [1.82, 2.24) is 5.32 Å². The molecule has 0 fully saturated rings. The Bertz CT molecular complexity index is 306. The zero-order valence-electron chi connectivity index (χ0n) is 9.09. The van der Waals surface area contributed by atoms with E-state index in [-0.39, 0.29) is 0 Å². The van der Waals surface area contributed by atoms with E-state index < -0.39 is 0 Å². The predicted octanol–water partition coefficient (Wildman–Crippen LogP) is 2.71. The molecule has 0 saturated carbocycles. The lowest BCUT2D eigenvalue weighted by Crippen LogP contribution is -2.39. The number of hydrogen-bond acceptors (Lipinski definition) is 1. The van der Waals surface area contributed by atoms with Gasteiger partial charge in [-0.3, -0.25) is 0 Å². The molecule has 0 aromatic heterocycles. The van der Waals surface area contributed by atoms with Crippen LogP contribution in [-0.2, 0) is 6.42 Å². The molecule has 2 unspecified atom stereocenters. The second-order valence-electron chi connectivity index (χ2n) is 4.08. The minimum absolute atomic E-state index is 0.676. The first kappa shape index (κ1) is 9.72. The van der Waals surface area contributed by atoms with E-state index in [4.69, 9.17) is 0 Å². The van der Waals surface area contributed by atoms with Crippen LogP contribution >= 0.6 is 0 Å². The summed E-state index contributed by atoms with van der Waals surface area (Å²) in [6, 6.07) is 9.51. The zero-order valence-corrected chi connectivity index (χ0v) is 9.09. The molecule has 1 aliphatic rings. The molecule has 2 rings (SSSR count). The SMILES string of the molecule is CCNC(CC)C1Cc2ccccc21. The van der Waals surface area contributed by atoms with Gasteiger partial charge in [-0.25, -0.2) is 0 Å². The lowest BCUT2D eigenvalue weighted by Gasteiger charge is -2.36. The molecule has 0 spiro atoms. The molecule has 0 saturated heterocycles. The van der Waals surface area contributed by atoms with Crippen LogP contribution in [0.4, 0.5) is 0 Å². The summed E-state index contributed by atoms with van der Waals surface area (Å²) >= 11 is 0. The minimum Gasteiger partial charge on any atom is -0.314 e. The summed E-state index contributed by atoms with van der Waals surface area (Å²) in [6.07, 6.45) is 2.49. The van der Waals surface area contributed by atoms with Crippen LogP contribution < -0.4 is 5.32 Å². The Hall–Kier alpha value is -0.820. The molecule has 0 bridgehead atoms. The van der Waals surface area contributed by atoms with Crippen LogP contribution in [-0.4, -0.2) is 12.6 Å².